The van der Waals surface area contributed by atoms with Crippen LogP contribution >= 0.6 is 0 Å². The molecule has 0 aromatic carbocycles. The van der Waals surface area contributed by atoms with Crippen LogP contribution in [0, 0.1) is 19.8 Å². The maximum absolute atomic E-state index is 12.4. The Kier molecular flexibility index (Phi) is 9.30. The average molecular weight is 433 g/mol. The van der Waals surface area contributed by atoms with E-state index >= 15 is 0 Å². The van der Waals surface area contributed by atoms with Crippen LogP contribution in [0.1, 0.15) is 60.4 Å². The summed E-state index contributed by atoms with van der Waals surface area (Å²) in [6, 6.07) is 0. The lowest BCUT2D eigenvalue weighted by Crippen LogP contribution is -2.42. The Bertz CT molecular complexity index is 828. The topological polar surface area (TPSA) is 107 Å². The summed E-state index contributed by atoms with van der Waals surface area (Å²) in [6.07, 6.45) is 5.79. The van der Waals surface area contributed by atoms with E-state index in [4.69, 9.17) is 10.5 Å². The number of hydrogen-bond acceptors (Lipinski definition) is 5. The third-order valence-corrected chi connectivity index (χ3v) is 5.89. The van der Waals surface area contributed by atoms with Crippen LogP contribution in [0.2, 0.25) is 0 Å². The molecule has 0 bridgehead atoms. The van der Waals surface area contributed by atoms with Gasteiger partial charge in [-0.1, -0.05) is 0 Å². The second-order valence-electron chi connectivity index (χ2n) is 7.94. The molecule has 8 heteroatoms. The molecule has 1 aliphatic rings. The highest BCUT2D eigenvalue weighted by atomic mass is 16.5. The minimum atomic E-state index is -0.369. The molecule has 1 saturated heterocycles. The van der Waals surface area contributed by atoms with Crippen molar-refractivity contribution < 1.29 is 19.1 Å². The number of aromatic nitrogens is 1. The van der Waals surface area contributed by atoms with Gasteiger partial charge < -0.3 is 25.3 Å². The minimum absolute atomic E-state index is 0.0676. The highest BCUT2D eigenvalue weighted by molar-refractivity contribution is 5.98. The Morgan fingerprint density at radius 1 is 1.23 bits per heavy atom. The van der Waals surface area contributed by atoms with Crippen molar-refractivity contribution in [1.29, 1.82) is 0 Å². The number of ether oxygens (including phenoxy) is 1. The molecule has 1 aromatic heterocycles. The van der Waals surface area contributed by atoms with Crippen LogP contribution < -0.4 is 11.1 Å². The van der Waals surface area contributed by atoms with Crippen molar-refractivity contribution >= 4 is 23.9 Å². The van der Waals surface area contributed by atoms with Gasteiger partial charge in [-0.25, -0.2) is 4.79 Å². The van der Waals surface area contributed by atoms with E-state index in [1.165, 1.54) is 6.08 Å². The highest BCUT2D eigenvalue weighted by Gasteiger charge is 2.24. The zero-order chi connectivity index (χ0) is 23.0. The van der Waals surface area contributed by atoms with Crippen molar-refractivity contribution in [2.45, 2.75) is 53.5 Å². The van der Waals surface area contributed by atoms with Gasteiger partial charge in [0.25, 0.3) is 0 Å². The number of piperidine rings is 1. The molecule has 1 aromatic rings. The molecule has 3 N–H and O–H groups in total. The number of amides is 2. The van der Waals surface area contributed by atoms with Gasteiger partial charge >= 0.3 is 5.97 Å². The molecule has 1 aliphatic heterocycles. The monoisotopic (exact) mass is 432 g/mol. The van der Waals surface area contributed by atoms with E-state index in [0.29, 0.717) is 25.3 Å². The maximum Gasteiger partial charge on any atom is 0.340 e. The molecule has 0 spiro atoms. The number of nitrogens with two attached hydrogens (primary N) is 1. The number of likely N-dealkylation sites (tertiary alicyclic amines) is 1. The van der Waals surface area contributed by atoms with Crippen molar-refractivity contribution in [1.82, 2.24) is 14.8 Å². The van der Waals surface area contributed by atoms with E-state index < -0.39 is 0 Å². The molecule has 1 unspecified atom stereocenters. The molecule has 2 amide bonds. The van der Waals surface area contributed by atoms with Crippen LogP contribution in [0.4, 0.5) is 0 Å². The third kappa shape index (κ3) is 6.43. The normalized spacial score (nSPS) is 17.1. The van der Waals surface area contributed by atoms with E-state index in [-0.39, 0.29) is 23.7 Å². The summed E-state index contributed by atoms with van der Waals surface area (Å²) in [7, 11) is 0. The smallest absolute Gasteiger partial charge is 0.340 e. The number of carbonyl (C=O) groups is 3. The molecule has 1 atom stereocenters. The first-order valence-corrected chi connectivity index (χ1v) is 11.1. The first-order valence-electron chi connectivity index (χ1n) is 11.1. The van der Waals surface area contributed by atoms with Gasteiger partial charge in [-0.05, 0) is 66.1 Å². The molecule has 2 rings (SSSR count). The summed E-state index contributed by atoms with van der Waals surface area (Å²) in [5.74, 6) is -0.870. The van der Waals surface area contributed by atoms with Gasteiger partial charge in [-0.3, -0.25) is 9.59 Å². The van der Waals surface area contributed by atoms with Crippen LogP contribution in [0.3, 0.4) is 0 Å². The lowest BCUT2D eigenvalue weighted by Gasteiger charge is -2.31. The van der Waals surface area contributed by atoms with Crippen LogP contribution in [0.25, 0.3) is 6.08 Å². The van der Waals surface area contributed by atoms with Gasteiger partial charge in [0.2, 0.25) is 11.8 Å². The number of rotatable bonds is 10. The van der Waals surface area contributed by atoms with Crippen LogP contribution in [-0.4, -0.2) is 60.0 Å². The Hall–Kier alpha value is -2.61. The number of nitrogens with one attached hydrogen (secondary N) is 1. The summed E-state index contributed by atoms with van der Waals surface area (Å²) >= 11 is 0. The first kappa shape index (κ1) is 24.7. The molecule has 1 fully saturated rings. The van der Waals surface area contributed by atoms with Crippen molar-refractivity contribution in [2.75, 3.05) is 32.8 Å². The second kappa shape index (κ2) is 11.7. The van der Waals surface area contributed by atoms with Crippen LogP contribution in [-0.2, 0) is 20.9 Å². The molecule has 2 heterocycles. The number of primary amides is 1. The number of hydrogen-bond donors (Lipinski definition) is 2. The van der Waals surface area contributed by atoms with Crippen LogP contribution in [0.5, 0.6) is 0 Å². The van der Waals surface area contributed by atoms with Gasteiger partial charge in [-0.15, -0.1) is 0 Å². The SMILES string of the molecule is CCOC(=O)c1c(/C=C/C(=O)NCCCN2CCCC(C(N)=O)C2)c(C)n(CC)c1C. The average Bonchev–Trinajstić information content (AvgIpc) is 2.98. The fraction of sp³-hybridized carbons (Fsp3) is 0.609. The molecule has 0 radical (unpaired) electrons. The molecule has 0 aliphatic carbocycles. The van der Waals surface area contributed by atoms with E-state index in [9.17, 15) is 14.4 Å². The van der Waals surface area contributed by atoms with Gasteiger partial charge in [0.1, 0.15) is 0 Å². The Balaban J connectivity index is 1.91. The van der Waals surface area contributed by atoms with E-state index in [1.54, 1.807) is 13.0 Å². The Morgan fingerprint density at radius 3 is 2.61 bits per heavy atom. The largest absolute Gasteiger partial charge is 0.462 e. The molecule has 31 heavy (non-hydrogen) atoms. The van der Waals surface area contributed by atoms with E-state index in [0.717, 1.165) is 55.8 Å². The zero-order valence-corrected chi connectivity index (χ0v) is 19.2. The molecule has 8 nitrogen and oxygen atoms in total. The molecular weight excluding hydrogens is 396 g/mol. The quantitative estimate of drug-likeness (QED) is 0.334. The predicted molar refractivity (Wildman–Crippen MR) is 121 cm³/mol. The summed E-state index contributed by atoms with van der Waals surface area (Å²) in [4.78, 5) is 38.3. The van der Waals surface area contributed by atoms with E-state index in [1.807, 2.05) is 25.3 Å². The second-order valence-corrected chi connectivity index (χ2v) is 7.94. The lowest BCUT2D eigenvalue weighted by molar-refractivity contribution is -0.123. The highest BCUT2D eigenvalue weighted by Crippen LogP contribution is 2.25. The summed E-state index contributed by atoms with van der Waals surface area (Å²) in [6.45, 7) is 11.7. The zero-order valence-electron chi connectivity index (χ0n) is 19.2. The van der Waals surface area contributed by atoms with Crippen molar-refractivity contribution in [2.24, 2.45) is 11.7 Å². The third-order valence-electron chi connectivity index (χ3n) is 5.89. The minimum Gasteiger partial charge on any atom is -0.462 e. The predicted octanol–water partition coefficient (Wildman–Crippen LogP) is 2.02. The summed E-state index contributed by atoms with van der Waals surface area (Å²) < 4.78 is 7.25. The standard InChI is InChI=1S/C23H36N4O4/c1-5-27-16(3)19(21(17(27)4)23(30)31-6-2)10-11-20(28)25-12-8-14-26-13-7-9-18(15-26)22(24)29/h10-11,18H,5-9,12-15H2,1-4H3,(H2,24,29)(H,25,28)/b11-10+. The number of esters is 1. The van der Waals surface area contributed by atoms with Crippen molar-refractivity contribution in [3.8, 4) is 0 Å². The molecule has 172 valence electrons. The van der Waals surface area contributed by atoms with Gasteiger partial charge in [0, 0.05) is 42.7 Å². The summed E-state index contributed by atoms with van der Waals surface area (Å²) in [5.41, 5.74) is 8.43. The lowest BCUT2D eigenvalue weighted by atomic mass is 9.97. The molecule has 0 saturated carbocycles. The Labute approximate surface area is 184 Å². The van der Waals surface area contributed by atoms with Gasteiger partial charge in [-0.2, -0.15) is 0 Å². The van der Waals surface area contributed by atoms with Crippen molar-refractivity contribution in [3.63, 3.8) is 0 Å². The number of carbonyl (C=O) groups excluding carboxylic acids is 3. The van der Waals surface area contributed by atoms with Gasteiger partial charge in [0.15, 0.2) is 0 Å². The molecular formula is C23H36N4O4. The maximum atomic E-state index is 12.4. The van der Waals surface area contributed by atoms with Crippen LogP contribution in [0.15, 0.2) is 6.08 Å². The van der Waals surface area contributed by atoms with Crippen molar-refractivity contribution in [3.05, 3.63) is 28.6 Å². The fourth-order valence-corrected chi connectivity index (χ4v) is 4.27. The number of nitrogens with zero attached hydrogens (tertiary/aromatic N) is 2. The summed E-state index contributed by atoms with van der Waals surface area (Å²) in [5, 5.41) is 2.89. The van der Waals surface area contributed by atoms with E-state index in [2.05, 4.69) is 10.2 Å². The first-order chi connectivity index (χ1) is 14.8. The fourth-order valence-electron chi connectivity index (χ4n) is 4.27. The Morgan fingerprint density at radius 2 is 1.97 bits per heavy atom. The van der Waals surface area contributed by atoms with Gasteiger partial charge in [0.05, 0.1) is 18.1 Å².